The number of hydrogen-bond acceptors (Lipinski definition) is 2. The van der Waals surface area contributed by atoms with Crippen molar-refractivity contribution in [2.75, 3.05) is 6.54 Å². The van der Waals surface area contributed by atoms with Gasteiger partial charge in [-0.05, 0) is 29.8 Å². The maximum absolute atomic E-state index is 14.1. The molecule has 0 fully saturated rings. The van der Waals surface area contributed by atoms with E-state index in [-0.39, 0.29) is 22.7 Å². The number of hydrogen-bond donors (Lipinski definition) is 0. The van der Waals surface area contributed by atoms with Crippen LogP contribution in [0.5, 0.6) is 5.75 Å². The molecule has 112 valence electrons. The lowest BCUT2D eigenvalue weighted by atomic mass is 9.99. The van der Waals surface area contributed by atoms with Crippen molar-refractivity contribution in [2.24, 2.45) is 5.11 Å². The Hall–Kier alpha value is -2.30. The predicted molar refractivity (Wildman–Crippen MR) is 78.9 cm³/mol. The molecule has 4 nitrogen and oxygen atoms in total. The Balaban J connectivity index is 2.10. The van der Waals surface area contributed by atoms with Crippen molar-refractivity contribution in [1.82, 2.24) is 0 Å². The molecule has 1 aliphatic rings. The van der Waals surface area contributed by atoms with Crippen molar-refractivity contribution < 1.29 is 13.5 Å². The van der Waals surface area contributed by atoms with Gasteiger partial charge < -0.3 is 4.74 Å². The minimum Gasteiger partial charge on any atom is -0.489 e. The lowest BCUT2D eigenvalue weighted by molar-refractivity contribution is 0.242. The first kappa shape index (κ1) is 14.6. The van der Waals surface area contributed by atoms with E-state index in [9.17, 15) is 8.78 Å². The van der Waals surface area contributed by atoms with Crippen molar-refractivity contribution in [3.05, 3.63) is 63.0 Å². The summed E-state index contributed by atoms with van der Waals surface area (Å²) in [5, 5.41) is 3.63. The molecule has 1 atom stereocenters. The summed E-state index contributed by atoms with van der Waals surface area (Å²) in [6.45, 7) is 0.122. The minimum atomic E-state index is -0.553. The Morgan fingerprint density at radius 3 is 2.91 bits per heavy atom. The van der Waals surface area contributed by atoms with Crippen LogP contribution < -0.4 is 4.74 Å². The van der Waals surface area contributed by atoms with E-state index < -0.39 is 17.7 Å². The first-order chi connectivity index (χ1) is 10.6. The maximum Gasteiger partial charge on any atom is 0.132 e. The molecule has 7 heteroatoms. The molecule has 0 bridgehead atoms. The quantitative estimate of drug-likeness (QED) is 0.450. The second-order valence-electron chi connectivity index (χ2n) is 4.90. The fraction of sp³-hybridized carbons (Fsp3) is 0.200. The maximum atomic E-state index is 14.1. The smallest absolute Gasteiger partial charge is 0.132 e. The molecule has 1 heterocycles. The highest BCUT2D eigenvalue weighted by atomic mass is 35.5. The molecule has 0 aliphatic carbocycles. The Labute approximate surface area is 129 Å². The summed E-state index contributed by atoms with van der Waals surface area (Å²) in [5.41, 5.74) is 9.34. The molecule has 1 unspecified atom stereocenters. The minimum absolute atomic E-state index is 0.101. The fourth-order valence-corrected chi connectivity index (χ4v) is 2.83. The lowest BCUT2D eigenvalue weighted by Crippen LogP contribution is -2.16. The van der Waals surface area contributed by atoms with Crippen LogP contribution in [0.4, 0.5) is 8.78 Å². The van der Waals surface area contributed by atoms with Gasteiger partial charge in [0.05, 0.1) is 11.6 Å². The van der Waals surface area contributed by atoms with E-state index in [1.54, 1.807) is 0 Å². The second kappa shape index (κ2) is 5.83. The topological polar surface area (TPSA) is 58.0 Å². The first-order valence-electron chi connectivity index (χ1n) is 6.54. The summed E-state index contributed by atoms with van der Waals surface area (Å²) >= 11 is 6.05. The lowest BCUT2D eigenvalue weighted by Gasteiger charge is -2.13. The van der Waals surface area contributed by atoms with Crippen LogP contribution in [-0.2, 0) is 6.42 Å². The second-order valence-corrected chi connectivity index (χ2v) is 5.30. The Kier molecular flexibility index (Phi) is 3.88. The number of halogens is 3. The highest BCUT2D eigenvalue weighted by Crippen LogP contribution is 2.43. The summed E-state index contributed by atoms with van der Waals surface area (Å²) in [4.78, 5) is 2.68. The molecule has 1 aliphatic heterocycles. The Morgan fingerprint density at radius 2 is 2.18 bits per heavy atom. The number of benzene rings is 2. The van der Waals surface area contributed by atoms with Gasteiger partial charge in [0.25, 0.3) is 0 Å². The van der Waals surface area contributed by atoms with Gasteiger partial charge in [-0.2, -0.15) is 0 Å². The molecule has 2 aromatic carbocycles. The van der Waals surface area contributed by atoms with Gasteiger partial charge in [-0.3, -0.25) is 0 Å². The Morgan fingerprint density at radius 1 is 1.36 bits per heavy atom. The average Bonchev–Trinajstić information content (AvgIpc) is 2.87. The SMILES string of the molecule is [N-]=[N+]=NCC1Cc2cc(F)cc(-c3c(F)cccc3Cl)c2O1. The van der Waals surface area contributed by atoms with Crippen molar-refractivity contribution in [3.63, 3.8) is 0 Å². The normalized spacial score (nSPS) is 15.9. The Bertz CT molecular complexity index is 770. The average molecular weight is 322 g/mol. The molecule has 22 heavy (non-hydrogen) atoms. The molecule has 0 saturated carbocycles. The molecule has 0 radical (unpaired) electrons. The van der Waals surface area contributed by atoms with Gasteiger partial charge >= 0.3 is 0 Å². The van der Waals surface area contributed by atoms with Gasteiger partial charge in [0.2, 0.25) is 0 Å². The van der Waals surface area contributed by atoms with E-state index in [1.807, 2.05) is 0 Å². The van der Waals surface area contributed by atoms with Gasteiger partial charge in [0, 0.05) is 28.0 Å². The monoisotopic (exact) mass is 321 g/mol. The number of azide groups is 1. The zero-order chi connectivity index (χ0) is 15.7. The van der Waals surface area contributed by atoms with Gasteiger partial charge in [0.15, 0.2) is 0 Å². The van der Waals surface area contributed by atoms with Gasteiger partial charge in [-0.1, -0.05) is 22.8 Å². The number of ether oxygens (including phenoxy) is 1. The summed E-state index contributed by atoms with van der Waals surface area (Å²) in [7, 11) is 0. The van der Waals surface area contributed by atoms with E-state index >= 15 is 0 Å². The zero-order valence-electron chi connectivity index (χ0n) is 11.3. The van der Waals surface area contributed by atoms with Crippen LogP contribution in [0.1, 0.15) is 5.56 Å². The molecular formula is C15H10ClF2N3O. The highest BCUT2D eigenvalue weighted by Gasteiger charge is 2.28. The summed E-state index contributed by atoms with van der Waals surface area (Å²) < 4.78 is 33.7. The first-order valence-corrected chi connectivity index (χ1v) is 6.92. The van der Waals surface area contributed by atoms with E-state index in [0.29, 0.717) is 17.7 Å². The van der Waals surface area contributed by atoms with Crippen LogP contribution in [0.25, 0.3) is 21.6 Å². The van der Waals surface area contributed by atoms with Crippen molar-refractivity contribution in [3.8, 4) is 16.9 Å². The van der Waals surface area contributed by atoms with Crippen LogP contribution in [0.2, 0.25) is 5.02 Å². The molecule has 0 N–H and O–H groups in total. The summed E-state index contributed by atoms with van der Waals surface area (Å²) in [6, 6.07) is 6.79. The molecule has 0 saturated heterocycles. The fourth-order valence-electron chi connectivity index (χ4n) is 2.56. The number of rotatable bonds is 3. The van der Waals surface area contributed by atoms with Crippen molar-refractivity contribution in [1.29, 1.82) is 0 Å². The van der Waals surface area contributed by atoms with E-state index in [1.165, 1.54) is 30.3 Å². The van der Waals surface area contributed by atoms with E-state index in [2.05, 4.69) is 10.0 Å². The van der Waals surface area contributed by atoms with Gasteiger partial charge in [-0.15, -0.1) is 0 Å². The zero-order valence-corrected chi connectivity index (χ0v) is 12.0. The highest BCUT2D eigenvalue weighted by molar-refractivity contribution is 6.33. The number of fused-ring (bicyclic) bond motifs is 1. The number of nitrogens with zero attached hydrogens (tertiary/aromatic N) is 3. The molecule has 0 spiro atoms. The predicted octanol–water partition coefficient (Wildman–Crippen LogP) is 4.90. The van der Waals surface area contributed by atoms with Crippen molar-refractivity contribution >= 4 is 11.6 Å². The van der Waals surface area contributed by atoms with Crippen LogP contribution in [0.3, 0.4) is 0 Å². The summed E-state index contributed by atoms with van der Waals surface area (Å²) in [5.74, 6) is -0.671. The van der Waals surface area contributed by atoms with Gasteiger partial charge in [-0.25, -0.2) is 8.78 Å². The molecule has 0 amide bonds. The summed E-state index contributed by atoms with van der Waals surface area (Å²) in [6.07, 6.45) is 0.00237. The third-order valence-electron chi connectivity index (χ3n) is 3.44. The van der Waals surface area contributed by atoms with Crippen molar-refractivity contribution in [2.45, 2.75) is 12.5 Å². The molecular weight excluding hydrogens is 312 g/mol. The van der Waals surface area contributed by atoms with E-state index in [0.717, 1.165) is 0 Å². The molecule has 2 aromatic rings. The van der Waals surface area contributed by atoms with Crippen LogP contribution in [-0.4, -0.2) is 12.6 Å². The molecule has 3 rings (SSSR count). The largest absolute Gasteiger partial charge is 0.489 e. The molecule has 0 aromatic heterocycles. The van der Waals surface area contributed by atoms with Crippen LogP contribution in [0.15, 0.2) is 35.4 Å². The third-order valence-corrected chi connectivity index (χ3v) is 3.76. The third kappa shape index (κ3) is 2.58. The van der Waals surface area contributed by atoms with Crippen LogP contribution in [0, 0.1) is 11.6 Å². The standard InChI is InChI=1S/C15H10ClF2N3O/c16-12-2-1-3-13(18)14(12)11-6-9(17)4-8-5-10(7-20-21-19)22-15(8)11/h1-4,6,10H,5,7H2. The van der Waals surface area contributed by atoms with E-state index in [4.69, 9.17) is 21.9 Å². The van der Waals surface area contributed by atoms with Crippen LogP contribution >= 0.6 is 11.6 Å². The van der Waals surface area contributed by atoms with Gasteiger partial charge in [0.1, 0.15) is 23.5 Å².